The van der Waals surface area contributed by atoms with Gasteiger partial charge in [0.05, 0.1) is 0 Å². The zero-order chi connectivity index (χ0) is 24.9. The molecule has 1 aliphatic heterocycles. The molecule has 11 heteroatoms. The van der Waals surface area contributed by atoms with Crippen LogP contribution in [-0.4, -0.2) is 61.7 Å². The summed E-state index contributed by atoms with van der Waals surface area (Å²) < 4.78 is 0. The molecule has 1 unspecified atom stereocenters. The zero-order valence-corrected chi connectivity index (χ0v) is 19.6. The molecule has 1 aromatic carbocycles. The molecule has 4 N–H and O–H groups in total. The number of rotatable bonds is 7. The van der Waals surface area contributed by atoms with Crippen molar-refractivity contribution in [3.05, 3.63) is 72.7 Å². The Morgan fingerprint density at radius 2 is 1.75 bits per heavy atom. The van der Waals surface area contributed by atoms with Crippen molar-refractivity contribution in [1.82, 2.24) is 30.2 Å². The SMILES string of the molecule is Cc1cccc(-c2nccc(Nc3ccnc(Nc4ccc(N5CCNCC5C(=O)O)cc4)n3)n2)n1. The second-order valence-corrected chi connectivity index (χ2v) is 8.24. The third kappa shape index (κ3) is 5.36. The molecule has 1 aliphatic rings. The number of piperazine rings is 1. The smallest absolute Gasteiger partial charge is 0.327 e. The molecular formula is C25H25N9O2. The van der Waals surface area contributed by atoms with Gasteiger partial charge in [-0.2, -0.15) is 4.98 Å². The average Bonchev–Trinajstić information content (AvgIpc) is 2.89. The van der Waals surface area contributed by atoms with Gasteiger partial charge in [-0.15, -0.1) is 0 Å². The van der Waals surface area contributed by atoms with Crippen molar-refractivity contribution in [1.29, 1.82) is 0 Å². The van der Waals surface area contributed by atoms with Crippen molar-refractivity contribution in [3.63, 3.8) is 0 Å². The number of hydrogen-bond acceptors (Lipinski definition) is 10. The maximum absolute atomic E-state index is 11.6. The highest BCUT2D eigenvalue weighted by Gasteiger charge is 2.28. The lowest BCUT2D eigenvalue weighted by Crippen LogP contribution is -2.55. The Kier molecular flexibility index (Phi) is 6.63. The third-order valence-electron chi connectivity index (χ3n) is 5.67. The first kappa shape index (κ1) is 23.1. The van der Waals surface area contributed by atoms with Crippen LogP contribution in [0.1, 0.15) is 5.69 Å². The van der Waals surface area contributed by atoms with Gasteiger partial charge in [0.25, 0.3) is 0 Å². The van der Waals surface area contributed by atoms with Crippen LogP contribution in [-0.2, 0) is 4.79 Å². The molecule has 1 atom stereocenters. The minimum atomic E-state index is -0.840. The van der Waals surface area contributed by atoms with Crippen molar-refractivity contribution >= 4 is 34.9 Å². The summed E-state index contributed by atoms with van der Waals surface area (Å²) in [6, 6.07) is 16.2. The van der Waals surface area contributed by atoms with Gasteiger partial charge >= 0.3 is 5.97 Å². The fourth-order valence-electron chi connectivity index (χ4n) is 3.94. The maximum atomic E-state index is 11.6. The van der Waals surface area contributed by atoms with Crippen LogP contribution in [0.5, 0.6) is 0 Å². The minimum Gasteiger partial charge on any atom is -0.480 e. The van der Waals surface area contributed by atoms with Crippen LogP contribution in [0.2, 0.25) is 0 Å². The molecule has 0 aliphatic carbocycles. The number of aryl methyl sites for hydroxylation is 1. The fraction of sp³-hybridized carbons (Fsp3) is 0.200. The minimum absolute atomic E-state index is 0.410. The van der Waals surface area contributed by atoms with E-state index >= 15 is 0 Å². The first-order valence-corrected chi connectivity index (χ1v) is 11.5. The van der Waals surface area contributed by atoms with Gasteiger partial charge in [0.1, 0.15) is 23.4 Å². The van der Waals surface area contributed by atoms with Crippen molar-refractivity contribution in [2.45, 2.75) is 13.0 Å². The fourth-order valence-corrected chi connectivity index (χ4v) is 3.94. The van der Waals surface area contributed by atoms with Crippen LogP contribution < -0.4 is 20.9 Å². The summed E-state index contributed by atoms with van der Waals surface area (Å²) in [6.07, 6.45) is 3.32. The number of pyridine rings is 1. The molecular weight excluding hydrogens is 458 g/mol. The van der Waals surface area contributed by atoms with Crippen molar-refractivity contribution < 1.29 is 9.90 Å². The van der Waals surface area contributed by atoms with E-state index in [1.807, 2.05) is 54.3 Å². The van der Waals surface area contributed by atoms with Crippen LogP contribution in [0.15, 0.2) is 67.0 Å². The Labute approximate surface area is 207 Å². The summed E-state index contributed by atoms with van der Waals surface area (Å²) in [7, 11) is 0. The number of aromatic nitrogens is 5. The molecule has 0 saturated carbocycles. The summed E-state index contributed by atoms with van der Waals surface area (Å²) in [5, 5.41) is 19.0. The van der Waals surface area contributed by atoms with Gasteiger partial charge in [0, 0.05) is 49.1 Å². The van der Waals surface area contributed by atoms with E-state index in [4.69, 9.17) is 0 Å². The molecule has 0 spiro atoms. The Morgan fingerprint density at radius 1 is 0.972 bits per heavy atom. The molecule has 4 aromatic rings. The predicted octanol–water partition coefficient (Wildman–Crippen LogP) is 2.99. The van der Waals surface area contributed by atoms with Gasteiger partial charge in [0.15, 0.2) is 5.82 Å². The van der Waals surface area contributed by atoms with Gasteiger partial charge < -0.3 is 26.0 Å². The number of benzene rings is 1. The second kappa shape index (κ2) is 10.3. The maximum Gasteiger partial charge on any atom is 0.327 e. The summed E-state index contributed by atoms with van der Waals surface area (Å²) in [6.45, 7) is 3.71. The average molecular weight is 484 g/mol. The Bertz CT molecular complexity index is 1360. The van der Waals surface area contributed by atoms with E-state index in [9.17, 15) is 9.90 Å². The van der Waals surface area contributed by atoms with Crippen LogP contribution in [0.3, 0.4) is 0 Å². The van der Waals surface area contributed by atoms with Crippen LogP contribution in [0, 0.1) is 6.92 Å². The molecule has 4 heterocycles. The molecule has 3 aromatic heterocycles. The first-order chi connectivity index (χ1) is 17.5. The number of nitrogens with one attached hydrogen (secondary N) is 3. The number of hydrogen-bond donors (Lipinski definition) is 4. The van der Waals surface area contributed by atoms with Crippen molar-refractivity contribution in [2.24, 2.45) is 0 Å². The number of nitrogens with zero attached hydrogens (tertiary/aromatic N) is 6. The molecule has 0 radical (unpaired) electrons. The van der Waals surface area contributed by atoms with Gasteiger partial charge in [-0.3, -0.25) is 0 Å². The van der Waals surface area contributed by atoms with Crippen LogP contribution in [0.4, 0.5) is 29.0 Å². The highest BCUT2D eigenvalue weighted by atomic mass is 16.4. The van der Waals surface area contributed by atoms with E-state index < -0.39 is 12.0 Å². The topological polar surface area (TPSA) is 141 Å². The standard InChI is InChI=1S/C25H25N9O2/c1-16-3-2-4-19(29-16)23-27-11-9-21(32-23)31-22-10-12-28-25(33-22)30-17-5-7-18(8-6-17)34-14-13-26-15-20(34)24(35)36/h2-12,20,26H,13-15H2,1H3,(H,35,36)(H2,27,28,30,31,32,33). The highest BCUT2D eigenvalue weighted by molar-refractivity contribution is 5.79. The predicted molar refractivity (Wildman–Crippen MR) is 137 cm³/mol. The molecule has 182 valence electrons. The van der Waals surface area contributed by atoms with E-state index in [0.717, 1.165) is 23.6 Å². The molecule has 5 rings (SSSR count). The summed E-state index contributed by atoms with van der Waals surface area (Å²) in [5.41, 5.74) is 3.23. The Balaban J connectivity index is 1.28. The Hall–Kier alpha value is -4.64. The molecule has 0 bridgehead atoms. The molecule has 11 nitrogen and oxygen atoms in total. The number of carboxylic acid groups (broad SMARTS) is 1. The lowest BCUT2D eigenvalue weighted by Gasteiger charge is -2.35. The quantitative estimate of drug-likeness (QED) is 0.308. The van der Waals surface area contributed by atoms with Crippen LogP contribution >= 0.6 is 0 Å². The zero-order valence-electron chi connectivity index (χ0n) is 19.6. The normalized spacial score (nSPS) is 15.4. The molecule has 0 amide bonds. The van der Waals surface area contributed by atoms with Crippen molar-refractivity contribution in [3.8, 4) is 11.5 Å². The lowest BCUT2D eigenvalue weighted by molar-refractivity contribution is -0.138. The van der Waals surface area contributed by atoms with E-state index in [0.29, 0.717) is 42.2 Å². The second-order valence-electron chi connectivity index (χ2n) is 8.24. The molecule has 1 fully saturated rings. The van der Waals surface area contributed by atoms with E-state index in [2.05, 4.69) is 40.9 Å². The highest BCUT2D eigenvalue weighted by Crippen LogP contribution is 2.23. The molecule has 1 saturated heterocycles. The number of carboxylic acids is 1. The number of anilines is 5. The number of aliphatic carboxylic acids is 1. The van der Waals surface area contributed by atoms with Gasteiger partial charge in [-0.25, -0.2) is 24.7 Å². The number of carbonyl (C=O) groups is 1. The Morgan fingerprint density at radius 3 is 2.53 bits per heavy atom. The summed E-state index contributed by atoms with van der Waals surface area (Å²) in [5.74, 6) is 1.24. The lowest BCUT2D eigenvalue weighted by atomic mass is 10.1. The third-order valence-corrected chi connectivity index (χ3v) is 5.67. The van der Waals surface area contributed by atoms with E-state index in [1.165, 1.54) is 0 Å². The monoisotopic (exact) mass is 483 g/mol. The van der Waals surface area contributed by atoms with E-state index in [-0.39, 0.29) is 0 Å². The molecule has 36 heavy (non-hydrogen) atoms. The van der Waals surface area contributed by atoms with Crippen LogP contribution in [0.25, 0.3) is 11.5 Å². The van der Waals surface area contributed by atoms with Gasteiger partial charge in [-0.1, -0.05) is 6.07 Å². The van der Waals surface area contributed by atoms with Gasteiger partial charge in [0.2, 0.25) is 5.95 Å². The van der Waals surface area contributed by atoms with Crippen molar-refractivity contribution in [2.75, 3.05) is 35.2 Å². The largest absolute Gasteiger partial charge is 0.480 e. The van der Waals surface area contributed by atoms with Gasteiger partial charge in [-0.05, 0) is 55.5 Å². The summed E-state index contributed by atoms with van der Waals surface area (Å²) >= 11 is 0. The van der Waals surface area contributed by atoms with E-state index in [1.54, 1.807) is 24.5 Å². The summed E-state index contributed by atoms with van der Waals surface area (Å²) in [4.78, 5) is 35.6. The first-order valence-electron chi connectivity index (χ1n) is 11.5.